The Kier molecular flexibility index (Phi) is 7.97. The van der Waals surface area contributed by atoms with Gasteiger partial charge in [-0.25, -0.2) is 4.39 Å². The summed E-state index contributed by atoms with van der Waals surface area (Å²) >= 11 is 15.7. The highest BCUT2D eigenvalue weighted by molar-refractivity contribution is 9.10. The Morgan fingerprint density at radius 3 is 2.61 bits per heavy atom. The second-order valence-corrected chi connectivity index (χ2v) is 8.17. The monoisotopic (exact) mass is 519 g/mol. The molecule has 3 nitrogen and oxygen atoms in total. The average molecular weight is 521 g/mol. The zero-order valence-corrected chi connectivity index (χ0v) is 19.6. The van der Waals surface area contributed by atoms with Gasteiger partial charge in [0.15, 0.2) is 11.5 Å². The molecule has 0 saturated heterocycles. The van der Waals surface area contributed by atoms with E-state index < -0.39 is 0 Å². The smallest absolute Gasteiger partial charge is 0.175 e. The summed E-state index contributed by atoms with van der Waals surface area (Å²) in [7, 11) is 0. The largest absolute Gasteiger partial charge is 0.490 e. The lowest BCUT2D eigenvalue weighted by molar-refractivity contribution is 0.267. The highest BCUT2D eigenvalue weighted by atomic mass is 79.9. The molecule has 0 unspecified atom stereocenters. The number of hydrogen-bond donors (Lipinski definition) is 0. The van der Waals surface area contributed by atoms with Gasteiger partial charge in [0, 0.05) is 10.6 Å². The van der Waals surface area contributed by atoms with Crippen molar-refractivity contribution in [3.05, 3.63) is 91.6 Å². The maximum absolute atomic E-state index is 13.4. The van der Waals surface area contributed by atoms with E-state index in [-0.39, 0.29) is 12.4 Å². The Balaban J connectivity index is 1.95. The molecule has 3 rings (SSSR count). The summed E-state index contributed by atoms with van der Waals surface area (Å²) in [6.07, 6.45) is 1.71. The van der Waals surface area contributed by atoms with Gasteiger partial charge in [-0.15, -0.1) is 0 Å². The molecule has 0 aromatic heterocycles. The van der Waals surface area contributed by atoms with Gasteiger partial charge in [-0.3, -0.25) is 0 Å². The fourth-order valence-corrected chi connectivity index (χ4v) is 3.99. The SMILES string of the molecule is CCOc1cc(/C=C(\C#N)c2ccc(Cl)cc2Cl)cc(Br)c1OCc1cccc(F)c1. The molecule has 7 heteroatoms. The van der Waals surface area contributed by atoms with Crippen LogP contribution in [0.25, 0.3) is 11.6 Å². The van der Waals surface area contributed by atoms with Crippen molar-refractivity contribution in [2.24, 2.45) is 0 Å². The topological polar surface area (TPSA) is 42.2 Å². The number of ether oxygens (including phenoxy) is 2. The molecule has 0 radical (unpaired) electrons. The van der Waals surface area contributed by atoms with Crippen LogP contribution < -0.4 is 9.47 Å². The predicted octanol–water partition coefficient (Wildman–Crippen LogP) is 7.94. The van der Waals surface area contributed by atoms with E-state index in [1.54, 1.807) is 42.5 Å². The molecule has 3 aromatic rings. The van der Waals surface area contributed by atoms with Crippen molar-refractivity contribution in [2.75, 3.05) is 6.61 Å². The number of benzene rings is 3. The summed E-state index contributed by atoms with van der Waals surface area (Å²) < 4.78 is 25.7. The van der Waals surface area contributed by atoms with Gasteiger partial charge in [0.2, 0.25) is 0 Å². The molecule has 0 saturated carbocycles. The van der Waals surface area contributed by atoms with Crippen LogP contribution in [0.5, 0.6) is 11.5 Å². The molecule has 0 amide bonds. The lowest BCUT2D eigenvalue weighted by Crippen LogP contribution is -2.01. The fraction of sp³-hybridized carbons (Fsp3) is 0.125. The second-order valence-electron chi connectivity index (χ2n) is 6.48. The second kappa shape index (κ2) is 10.7. The van der Waals surface area contributed by atoms with E-state index in [0.717, 1.165) is 5.56 Å². The minimum Gasteiger partial charge on any atom is -0.490 e. The number of halogens is 4. The Hall–Kier alpha value is -2.52. The molecule has 31 heavy (non-hydrogen) atoms. The van der Waals surface area contributed by atoms with Gasteiger partial charge < -0.3 is 9.47 Å². The number of nitriles is 1. The molecule has 0 heterocycles. The molecular weight excluding hydrogens is 504 g/mol. The third-order valence-corrected chi connectivity index (χ3v) is 5.39. The molecule has 3 aromatic carbocycles. The van der Waals surface area contributed by atoms with Gasteiger partial charge >= 0.3 is 0 Å². The molecule has 0 spiro atoms. The fourth-order valence-electron chi connectivity index (χ4n) is 2.90. The van der Waals surface area contributed by atoms with Crippen LogP contribution in [0, 0.1) is 17.1 Å². The van der Waals surface area contributed by atoms with E-state index in [1.807, 2.05) is 13.0 Å². The van der Waals surface area contributed by atoms with Crippen molar-refractivity contribution >= 4 is 50.8 Å². The van der Waals surface area contributed by atoms with Gasteiger partial charge in [-0.1, -0.05) is 41.4 Å². The number of allylic oxidation sites excluding steroid dienone is 1. The number of hydrogen-bond acceptors (Lipinski definition) is 3. The van der Waals surface area contributed by atoms with E-state index in [9.17, 15) is 9.65 Å². The number of rotatable bonds is 7. The van der Waals surface area contributed by atoms with E-state index in [2.05, 4.69) is 22.0 Å². The van der Waals surface area contributed by atoms with Crippen LogP contribution in [0.3, 0.4) is 0 Å². The molecule has 0 atom stereocenters. The van der Waals surface area contributed by atoms with Crippen LogP contribution in [0.15, 0.2) is 59.1 Å². The molecule has 0 aliphatic heterocycles. The third-order valence-electron chi connectivity index (χ3n) is 4.26. The summed E-state index contributed by atoms with van der Waals surface area (Å²) in [5.74, 6) is 0.667. The van der Waals surface area contributed by atoms with Crippen molar-refractivity contribution in [1.29, 1.82) is 5.26 Å². The Labute approximate surface area is 198 Å². The first-order chi connectivity index (χ1) is 14.9. The normalized spacial score (nSPS) is 11.2. The van der Waals surface area contributed by atoms with E-state index in [0.29, 0.717) is 49.3 Å². The van der Waals surface area contributed by atoms with Crippen molar-refractivity contribution < 1.29 is 13.9 Å². The zero-order chi connectivity index (χ0) is 22.4. The predicted molar refractivity (Wildman–Crippen MR) is 126 cm³/mol. The van der Waals surface area contributed by atoms with Crippen molar-refractivity contribution in [3.8, 4) is 17.6 Å². The highest BCUT2D eigenvalue weighted by Crippen LogP contribution is 2.39. The van der Waals surface area contributed by atoms with Gasteiger partial charge in [-0.2, -0.15) is 5.26 Å². The standard InChI is InChI=1S/C24H17BrCl2FNO2/c1-2-30-23-11-16(8-17(13-29)20-7-6-18(26)12-22(20)27)10-21(25)24(23)31-14-15-4-3-5-19(28)9-15/h3-12H,2,14H2,1H3/b17-8+. The summed E-state index contributed by atoms with van der Waals surface area (Å²) in [6, 6.07) is 16.9. The number of nitrogens with zero attached hydrogens (tertiary/aromatic N) is 1. The molecule has 0 fully saturated rings. The zero-order valence-electron chi connectivity index (χ0n) is 16.5. The maximum Gasteiger partial charge on any atom is 0.175 e. The molecule has 0 N–H and O–H groups in total. The Morgan fingerprint density at radius 1 is 1.13 bits per heavy atom. The van der Waals surface area contributed by atoms with Crippen LogP contribution >= 0.6 is 39.1 Å². The summed E-state index contributed by atoms with van der Waals surface area (Å²) in [5.41, 5.74) is 2.37. The third kappa shape index (κ3) is 6.01. The van der Waals surface area contributed by atoms with Gasteiger partial charge in [0.1, 0.15) is 12.4 Å². The van der Waals surface area contributed by atoms with Crippen molar-refractivity contribution in [3.63, 3.8) is 0 Å². The van der Waals surface area contributed by atoms with Crippen LogP contribution in [0.1, 0.15) is 23.6 Å². The van der Waals surface area contributed by atoms with E-state index in [4.69, 9.17) is 32.7 Å². The average Bonchev–Trinajstić information content (AvgIpc) is 2.72. The quantitative estimate of drug-likeness (QED) is 0.234. The lowest BCUT2D eigenvalue weighted by Gasteiger charge is -2.15. The minimum atomic E-state index is -0.324. The van der Waals surface area contributed by atoms with Crippen LogP contribution in [0.2, 0.25) is 10.0 Å². The summed E-state index contributed by atoms with van der Waals surface area (Å²) in [4.78, 5) is 0. The van der Waals surface area contributed by atoms with Gasteiger partial charge in [0.05, 0.1) is 27.7 Å². The van der Waals surface area contributed by atoms with Crippen molar-refractivity contribution in [1.82, 2.24) is 0 Å². The van der Waals surface area contributed by atoms with E-state index >= 15 is 0 Å². The van der Waals surface area contributed by atoms with Crippen LogP contribution in [-0.2, 0) is 6.61 Å². The summed E-state index contributed by atoms with van der Waals surface area (Å²) in [6.45, 7) is 2.46. The van der Waals surface area contributed by atoms with Gasteiger partial charge in [-0.05, 0) is 76.5 Å². The molecule has 158 valence electrons. The maximum atomic E-state index is 13.4. The molecular formula is C24H17BrCl2FNO2. The van der Waals surface area contributed by atoms with Crippen LogP contribution in [0.4, 0.5) is 4.39 Å². The minimum absolute atomic E-state index is 0.176. The highest BCUT2D eigenvalue weighted by Gasteiger charge is 2.14. The molecule has 0 bridgehead atoms. The molecule has 0 aliphatic carbocycles. The first-order valence-corrected chi connectivity index (χ1v) is 10.9. The summed E-state index contributed by atoms with van der Waals surface area (Å²) in [5, 5.41) is 10.5. The Bertz CT molecular complexity index is 1170. The van der Waals surface area contributed by atoms with Crippen molar-refractivity contribution in [2.45, 2.75) is 13.5 Å². The van der Waals surface area contributed by atoms with E-state index in [1.165, 1.54) is 12.1 Å². The van der Waals surface area contributed by atoms with Gasteiger partial charge in [0.25, 0.3) is 0 Å². The van der Waals surface area contributed by atoms with Crippen LogP contribution in [-0.4, -0.2) is 6.61 Å². The molecule has 0 aliphatic rings. The Morgan fingerprint density at radius 2 is 1.94 bits per heavy atom. The first kappa shape index (κ1) is 23.1. The first-order valence-electron chi connectivity index (χ1n) is 9.32. The lowest BCUT2D eigenvalue weighted by atomic mass is 10.0.